The van der Waals surface area contributed by atoms with Gasteiger partial charge >= 0.3 is 6.03 Å². The molecule has 3 N–H and O–H groups in total. The Morgan fingerprint density at radius 2 is 1.81 bits per heavy atom. The van der Waals surface area contributed by atoms with Crippen LogP contribution in [0, 0.1) is 11.8 Å². The number of hydrogen-bond acceptors (Lipinski definition) is 2. The van der Waals surface area contributed by atoms with Crippen LogP contribution >= 0.6 is 11.6 Å². The van der Waals surface area contributed by atoms with E-state index in [-0.39, 0.29) is 12.6 Å². The lowest BCUT2D eigenvalue weighted by Gasteiger charge is -2.07. The molecule has 2 rings (SSSR count). The first-order valence-corrected chi connectivity index (χ1v) is 6.58. The van der Waals surface area contributed by atoms with Crippen LogP contribution in [0.15, 0.2) is 48.5 Å². The molecule has 5 heteroatoms. The molecule has 0 fully saturated rings. The number of aliphatic hydroxyl groups is 1. The molecule has 0 radical (unpaired) electrons. The third-order valence-corrected chi connectivity index (χ3v) is 2.77. The monoisotopic (exact) mass is 300 g/mol. The van der Waals surface area contributed by atoms with Gasteiger partial charge in [0.1, 0.15) is 6.61 Å². The Morgan fingerprint density at radius 1 is 1.10 bits per heavy atom. The lowest BCUT2D eigenvalue weighted by atomic mass is 10.2. The molecule has 0 unspecified atom stereocenters. The lowest BCUT2D eigenvalue weighted by molar-refractivity contribution is 0.262. The van der Waals surface area contributed by atoms with Gasteiger partial charge in [-0.2, -0.15) is 0 Å². The van der Waals surface area contributed by atoms with Gasteiger partial charge in [-0.3, -0.25) is 0 Å². The fraction of sp³-hybridized carbons (Fsp3) is 0.0625. The largest absolute Gasteiger partial charge is 0.384 e. The zero-order chi connectivity index (χ0) is 15.1. The fourth-order valence-corrected chi connectivity index (χ4v) is 1.83. The predicted octanol–water partition coefficient (Wildman–Crippen LogP) is 3.33. The van der Waals surface area contributed by atoms with Crippen LogP contribution in [0.1, 0.15) is 5.56 Å². The number of nitrogens with one attached hydrogen (secondary N) is 2. The highest BCUT2D eigenvalue weighted by Crippen LogP contribution is 2.15. The van der Waals surface area contributed by atoms with Crippen molar-refractivity contribution in [3.8, 4) is 11.8 Å². The van der Waals surface area contributed by atoms with E-state index in [0.29, 0.717) is 16.4 Å². The molecule has 21 heavy (non-hydrogen) atoms. The summed E-state index contributed by atoms with van der Waals surface area (Å²) < 4.78 is 0. The SMILES string of the molecule is O=C(Nc1ccc(C#CCO)cc1)Nc1cccc(Cl)c1. The lowest BCUT2D eigenvalue weighted by Crippen LogP contribution is -2.19. The van der Waals surface area contributed by atoms with Crippen LogP contribution in [-0.2, 0) is 0 Å². The van der Waals surface area contributed by atoms with E-state index in [1.54, 1.807) is 48.5 Å². The van der Waals surface area contributed by atoms with Gasteiger partial charge in [-0.05, 0) is 42.5 Å². The first kappa shape index (κ1) is 14.9. The minimum Gasteiger partial charge on any atom is -0.384 e. The predicted molar refractivity (Wildman–Crippen MR) is 84.5 cm³/mol. The summed E-state index contributed by atoms with van der Waals surface area (Å²) in [6, 6.07) is 13.5. The summed E-state index contributed by atoms with van der Waals surface area (Å²) in [4.78, 5) is 11.8. The summed E-state index contributed by atoms with van der Waals surface area (Å²) in [6.07, 6.45) is 0. The van der Waals surface area contributed by atoms with E-state index in [1.807, 2.05) is 0 Å². The molecular weight excluding hydrogens is 288 g/mol. The number of amides is 2. The standard InChI is InChI=1S/C16H13ClN2O2/c17-13-4-1-5-15(11-13)19-16(21)18-14-8-6-12(7-9-14)3-2-10-20/h1,4-9,11,20H,10H2,(H2,18,19,21). The molecule has 0 saturated carbocycles. The molecule has 0 aliphatic heterocycles. The number of anilines is 2. The third-order valence-electron chi connectivity index (χ3n) is 2.54. The van der Waals surface area contributed by atoms with Crippen molar-refractivity contribution in [2.24, 2.45) is 0 Å². The topological polar surface area (TPSA) is 61.4 Å². The molecule has 2 amide bonds. The maximum atomic E-state index is 11.8. The van der Waals surface area contributed by atoms with E-state index < -0.39 is 0 Å². The summed E-state index contributed by atoms with van der Waals surface area (Å²) in [5.41, 5.74) is 2.03. The Balaban J connectivity index is 1.96. The van der Waals surface area contributed by atoms with Crippen LogP contribution in [0.2, 0.25) is 5.02 Å². The number of benzene rings is 2. The molecule has 0 aromatic heterocycles. The van der Waals surface area contributed by atoms with Crippen molar-refractivity contribution in [2.45, 2.75) is 0 Å². The molecule has 0 heterocycles. The van der Waals surface area contributed by atoms with Crippen LogP contribution in [0.25, 0.3) is 0 Å². The maximum absolute atomic E-state index is 11.8. The molecule has 0 spiro atoms. The number of halogens is 1. The number of urea groups is 1. The summed E-state index contributed by atoms with van der Waals surface area (Å²) in [6.45, 7) is -0.179. The first-order chi connectivity index (χ1) is 10.2. The van der Waals surface area contributed by atoms with Gasteiger partial charge in [-0.15, -0.1) is 0 Å². The molecule has 2 aromatic rings. The second-order valence-electron chi connectivity index (χ2n) is 4.13. The van der Waals surface area contributed by atoms with E-state index in [2.05, 4.69) is 22.5 Å². The molecule has 0 saturated heterocycles. The van der Waals surface area contributed by atoms with Crippen LogP contribution in [0.5, 0.6) is 0 Å². The van der Waals surface area contributed by atoms with E-state index in [9.17, 15) is 4.79 Å². The van der Waals surface area contributed by atoms with Gasteiger partial charge in [0.15, 0.2) is 0 Å². The van der Waals surface area contributed by atoms with Crippen LogP contribution in [0.4, 0.5) is 16.2 Å². The van der Waals surface area contributed by atoms with Crippen molar-refractivity contribution in [1.82, 2.24) is 0 Å². The van der Waals surface area contributed by atoms with Crippen molar-refractivity contribution < 1.29 is 9.90 Å². The van der Waals surface area contributed by atoms with Crippen molar-refractivity contribution in [3.63, 3.8) is 0 Å². The van der Waals surface area contributed by atoms with Gasteiger partial charge in [0.05, 0.1) is 0 Å². The van der Waals surface area contributed by atoms with Gasteiger partial charge < -0.3 is 15.7 Å². The number of aliphatic hydroxyl groups excluding tert-OH is 1. The second-order valence-corrected chi connectivity index (χ2v) is 4.56. The van der Waals surface area contributed by atoms with E-state index >= 15 is 0 Å². The van der Waals surface area contributed by atoms with E-state index in [1.165, 1.54) is 0 Å². The van der Waals surface area contributed by atoms with Crippen molar-refractivity contribution >= 4 is 29.0 Å². The number of hydrogen-bond donors (Lipinski definition) is 3. The minimum absolute atomic E-state index is 0.179. The Labute approximate surface area is 127 Å². The molecular formula is C16H13ClN2O2. The van der Waals surface area contributed by atoms with Gasteiger partial charge in [0, 0.05) is 22.0 Å². The highest BCUT2D eigenvalue weighted by molar-refractivity contribution is 6.30. The average Bonchev–Trinajstić information content (AvgIpc) is 2.46. The normalized spacial score (nSPS) is 9.43. The number of carbonyl (C=O) groups is 1. The molecule has 0 bridgehead atoms. The average molecular weight is 301 g/mol. The molecule has 0 atom stereocenters. The van der Waals surface area contributed by atoms with Crippen LogP contribution in [0.3, 0.4) is 0 Å². The zero-order valence-corrected chi connectivity index (χ0v) is 11.8. The van der Waals surface area contributed by atoms with Crippen molar-refractivity contribution in [2.75, 3.05) is 17.2 Å². The van der Waals surface area contributed by atoms with Crippen LogP contribution < -0.4 is 10.6 Å². The zero-order valence-electron chi connectivity index (χ0n) is 11.1. The Kier molecular flexibility index (Phi) is 5.22. The molecule has 0 aliphatic rings. The highest BCUT2D eigenvalue weighted by Gasteiger charge is 2.02. The molecule has 0 aliphatic carbocycles. The fourth-order valence-electron chi connectivity index (χ4n) is 1.64. The smallest absolute Gasteiger partial charge is 0.323 e. The van der Waals surface area contributed by atoms with Gasteiger partial charge in [0.25, 0.3) is 0 Å². The van der Waals surface area contributed by atoms with Crippen LogP contribution in [-0.4, -0.2) is 17.7 Å². The summed E-state index contributed by atoms with van der Waals surface area (Å²) in [5, 5.41) is 14.6. The Bertz CT molecular complexity index is 687. The maximum Gasteiger partial charge on any atom is 0.323 e. The third kappa shape index (κ3) is 4.84. The van der Waals surface area contributed by atoms with Gasteiger partial charge in [0.2, 0.25) is 0 Å². The Hall–Kier alpha value is -2.48. The number of carbonyl (C=O) groups excluding carboxylic acids is 1. The first-order valence-electron chi connectivity index (χ1n) is 6.21. The number of rotatable bonds is 2. The molecule has 4 nitrogen and oxygen atoms in total. The summed E-state index contributed by atoms with van der Waals surface area (Å²) in [7, 11) is 0. The van der Waals surface area contributed by atoms with E-state index in [0.717, 1.165) is 5.56 Å². The highest BCUT2D eigenvalue weighted by atomic mass is 35.5. The minimum atomic E-state index is -0.355. The quantitative estimate of drug-likeness (QED) is 0.745. The van der Waals surface area contributed by atoms with Crippen molar-refractivity contribution in [1.29, 1.82) is 0 Å². The van der Waals surface area contributed by atoms with E-state index in [4.69, 9.17) is 16.7 Å². The van der Waals surface area contributed by atoms with Gasteiger partial charge in [-0.25, -0.2) is 4.79 Å². The second kappa shape index (κ2) is 7.34. The van der Waals surface area contributed by atoms with Crippen molar-refractivity contribution in [3.05, 3.63) is 59.1 Å². The summed E-state index contributed by atoms with van der Waals surface area (Å²) in [5.74, 6) is 5.33. The molecule has 2 aromatic carbocycles. The Morgan fingerprint density at radius 3 is 2.48 bits per heavy atom. The van der Waals surface area contributed by atoms with Gasteiger partial charge in [-0.1, -0.05) is 29.5 Å². The summed E-state index contributed by atoms with van der Waals surface area (Å²) >= 11 is 5.85. The molecule has 106 valence electrons.